The summed E-state index contributed by atoms with van der Waals surface area (Å²) in [5.74, 6) is 0.853. The van der Waals surface area contributed by atoms with E-state index in [2.05, 4.69) is 10.2 Å². The standard InChI is InChI=1S/C14H14N2O/c1-2-17-14-10-8-13(9-11-14)16-15-12-6-4-3-5-7-12/h3-11H,2H2,1H3. The zero-order chi connectivity index (χ0) is 11.9. The molecule has 0 amide bonds. The van der Waals surface area contributed by atoms with Crippen LogP contribution in [0.1, 0.15) is 6.92 Å². The third kappa shape index (κ3) is 3.41. The van der Waals surface area contributed by atoms with Crippen LogP contribution in [-0.4, -0.2) is 6.61 Å². The first-order valence-electron chi connectivity index (χ1n) is 5.58. The summed E-state index contributed by atoms with van der Waals surface area (Å²) in [6.45, 7) is 2.63. The van der Waals surface area contributed by atoms with E-state index in [1.165, 1.54) is 0 Å². The number of hydrogen-bond acceptors (Lipinski definition) is 3. The zero-order valence-corrected chi connectivity index (χ0v) is 9.71. The molecule has 3 heteroatoms. The van der Waals surface area contributed by atoms with Crippen LogP contribution in [0.4, 0.5) is 11.4 Å². The Morgan fingerprint density at radius 1 is 0.824 bits per heavy atom. The molecule has 0 unspecified atom stereocenters. The van der Waals surface area contributed by atoms with Crippen molar-refractivity contribution < 1.29 is 4.74 Å². The number of benzene rings is 2. The molecule has 0 heterocycles. The van der Waals surface area contributed by atoms with Gasteiger partial charge < -0.3 is 4.74 Å². The molecule has 0 bridgehead atoms. The molecule has 0 aliphatic heterocycles. The second-order valence-electron chi connectivity index (χ2n) is 3.46. The molecule has 86 valence electrons. The Hall–Kier alpha value is -2.16. The topological polar surface area (TPSA) is 34.0 Å². The fraction of sp³-hybridized carbons (Fsp3) is 0.143. The molecule has 0 spiro atoms. The largest absolute Gasteiger partial charge is 0.494 e. The van der Waals surface area contributed by atoms with Crippen molar-refractivity contribution in [3.8, 4) is 5.75 Å². The smallest absolute Gasteiger partial charge is 0.119 e. The van der Waals surface area contributed by atoms with E-state index >= 15 is 0 Å². The van der Waals surface area contributed by atoms with Gasteiger partial charge in [0.1, 0.15) is 5.75 Å². The van der Waals surface area contributed by atoms with Crippen LogP contribution in [0.15, 0.2) is 64.8 Å². The highest BCUT2D eigenvalue weighted by atomic mass is 16.5. The lowest BCUT2D eigenvalue weighted by molar-refractivity contribution is 0.340. The first kappa shape index (κ1) is 11.3. The van der Waals surface area contributed by atoms with E-state index in [9.17, 15) is 0 Å². The Labute approximate surface area is 101 Å². The van der Waals surface area contributed by atoms with Gasteiger partial charge in [-0.15, -0.1) is 0 Å². The van der Waals surface area contributed by atoms with Crippen molar-refractivity contribution in [2.45, 2.75) is 6.92 Å². The van der Waals surface area contributed by atoms with Gasteiger partial charge in [-0.3, -0.25) is 0 Å². The van der Waals surface area contributed by atoms with Gasteiger partial charge in [0.2, 0.25) is 0 Å². The lowest BCUT2D eigenvalue weighted by atomic mass is 10.3. The number of hydrogen-bond donors (Lipinski definition) is 0. The quantitative estimate of drug-likeness (QED) is 0.706. The SMILES string of the molecule is CCOc1ccc(N=Nc2ccccc2)cc1. The van der Waals surface area contributed by atoms with Crippen LogP contribution in [-0.2, 0) is 0 Å². The van der Waals surface area contributed by atoms with Gasteiger partial charge in [-0.05, 0) is 43.3 Å². The third-order valence-corrected chi connectivity index (χ3v) is 2.18. The summed E-state index contributed by atoms with van der Waals surface area (Å²) in [4.78, 5) is 0. The van der Waals surface area contributed by atoms with Crippen molar-refractivity contribution in [1.29, 1.82) is 0 Å². The number of azo groups is 1. The molecule has 2 aromatic rings. The second kappa shape index (κ2) is 5.80. The van der Waals surface area contributed by atoms with Gasteiger partial charge in [0.05, 0.1) is 18.0 Å². The zero-order valence-electron chi connectivity index (χ0n) is 9.71. The highest BCUT2D eigenvalue weighted by molar-refractivity contribution is 5.42. The summed E-state index contributed by atoms with van der Waals surface area (Å²) in [5, 5.41) is 8.28. The van der Waals surface area contributed by atoms with E-state index in [0.717, 1.165) is 17.1 Å². The van der Waals surface area contributed by atoms with Crippen molar-refractivity contribution in [1.82, 2.24) is 0 Å². The average Bonchev–Trinajstić information content (AvgIpc) is 2.40. The third-order valence-electron chi connectivity index (χ3n) is 2.18. The second-order valence-corrected chi connectivity index (χ2v) is 3.46. The molecule has 0 aromatic heterocycles. The summed E-state index contributed by atoms with van der Waals surface area (Å²) in [7, 11) is 0. The highest BCUT2D eigenvalue weighted by Crippen LogP contribution is 2.20. The van der Waals surface area contributed by atoms with Crippen LogP contribution >= 0.6 is 0 Å². The maximum absolute atomic E-state index is 5.35. The summed E-state index contributed by atoms with van der Waals surface area (Å²) < 4.78 is 5.35. The van der Waals surface area contributed by atoms with Crippen molar-refractivity contribution >= 4 is 11.4 Å². The Kier molecular flexibility index (Phi) is 3.86. The van der Waals surface area contributed by atoms with Crippen LogP contribution in [0.3, 0.4) is 0 Å². The Morgan fingerprint density at radius 3 is 2.00 bits per heavy atom. The van der Waals surface area contributed by atoms with Crippen LogP contribution < -0.4 is 4.74 Å². The van der Waals surface area contributed by atoms with Crippen molar-refractivity contribution in [3.05, 3.63) is 54.6 Å². The normalized spacial score (nSPS) is 10.6. The molecule has 0 saturated carbocycles. The minimum Gasteiger partial charge on any atom is -0.494 e. The maximum Gasteiger partial charge on any atom is 0.119 e. The van der Waals surface area contributed by atoms with E-state index < -0.39 is 0 Å². The molecule has 2 rings (SSSR count). The van der Waals surface area contributed by atoms with Crippen LogP contribution in [0.2, 0.25) is 0 Å². The lowest BCUT2D eigenvalue weighted by Crippen LogP contribution is -1.89. The lowest BCUT2D eigenvalue weighted by Gasteiger charge is -2.01. The molecule has 0 radical (unpaired) electrons. The van der Waals surface area contributed by atoms with Gasteiger partial charge in [-0.2, -0.15) is 10.2 Å². The van der Waals surface area contributed by atoms with Gasteiger partial charge >= 0.3 is 0 Å². The minimum absolute atomic E-state index is 0.672. The van der Waals surface area contributed by atoms with E-state index in [-0.39, 0.29) is 0 Å². The van der Waals surface area contributed by atoms with Gasteiger partial charge in [-0.25, -0.2) is 0 Å². The molecule has 0 saturated heterocycles. The molecule has 17 heavy (non-hydrogen) atoms. The molecule has 0 fully saturated rings. The van der Waals surface area contributed by atoms with E-state index in [1.807, 2.05) is 61.5 Å². The molecular formula is C14H14N2O. The summed E-state index contributed by atoms with van der Waals surface area (Å²) in [6.07, 6.45) is 0. The number of rotatable bonds is 4. The Morgan fingerprint density at radius 2 is 1.41 bits per heavy atom. The van der Waals surface area contributed by atoms with Crippen molar-refractivity contribution in [3.63, 3.8) is 0 Å². The van der Waals surface area contributed by atoms with E-state index in [4.69, 9.17) is 4.74 Å². The molecule has 0 N–H and O–H groups in total. The number of ether oxygens (including phenoxy) is 1. The average molecular weight is 226 g/mol. The predicted octanol–water partition coefficient (Wildman–Crippen LogP) is 4.50. The van der Waals surface area contributed by atoms with Crippen LogP contribution in [0.5, 0.6) is 5.75 Å². The van der Waals surface area contributed by atoms with Crippen LogP contribution in [0.25, 0.3) is 0 Å². The van der Waals surface area contributed by atoms with Crippen LogP contribution in [0, 0.1) is 0 Å². The summed E-state index contributed by atoms with van der Waals surface area (Å²) >= 11 is 0. The van der Waals surface area contributed by atoms with E-state index in [0.29, 0.717) is 6.61 Å². The van der Waals surface area contributed by atoms with Crippen molar-refractivity contribution in [2.75, 3.05) is 6.61 Å². The van der Waals surface area contributed by atoms with E-state index in [1.54, 1.807) is 0 Å². The highest BCUT2D eigenvalue weighted by Gasteiger charge is 1.93. The van der Waals surface area contributed by atoms with Gasteiger partial charge in [0.15, 0.2) is 0 Å². The molecule has 2 aromatic carbocycles. The first-order valence-corrected chi connectivity index (χ1v) is 5.58. The van der Waals surface area contributed by atoms with Gasteiger partial charge in [0.25, 0.3) is 0 Å². The summed E-state index contributed by atoms with van der Waals surface area (Å²) in [6, 6.07) is 17.2. The number of nitrogens with zero attached hydrogens (tertiary/aromatic N) is 2. The fourth-order valence-corrected chi connectivity index (χ4v) is 1.39. The molecule has 0 atom stereocenters. The van der Waals surface area contributed by atoms with Crippen molar-refractivity contribution in [2.24, 2.45) is 10.2 Å². The molecule has 0 aliphatic rings. The predicted molar refractivity (Wildman–Crippen MR) is 68.2 cm³/mol. The monoisotopic (exact) mass is 226 g/mol. The Balaban J connectivity index is 2.06. The first-order chi connectivity index (χ1) is 8.38. The molecule has 0 aliphatic carbocycles. The maximum atomic E-state index is 5.35. The van der Waals surface area contributed by atoms with Gasteiger partial charge in [-0.1, -0.05) is 18.2 Å². The molecular weight excluding hydrogens is 212 g/mol. The fourth-order valence-electron chi connectivity index (χ4n) is 1.39. The molecule has 3 nitrogen and oxygen atoms in total. The van der Waals surface area contributed by atoms with Gasteiger partial charge in [0, 0.05) is 0 Å². The Bertz CT molecular complexity index is 477. The summed E-state index contributed by atoms with van der Waals surface area (Å²) in [5.41, 5.74) is 1.67. The minimum atomic E-state index is 0.672.